The fraction of sp³-hybridized carbons (Fsp3) is 0.556. The van der Waals surface area contributed by atoms with E-state index in [0.29, 0.717) is 0 Å². The van der Waals surface area contributed by atoms with E-state index in [0.717, 1.165) is 0 Å². The third kappa shape index (κ3) is 6.64. The molecule has 0 spiro atoms. The van der Waals surface area contributed by atoms with Crippen molar-refractivity contribution in [3.63, 3.8) is 0 Å². The van der Waals surface area contributed by atoms with Gasteiger partial charge in [-0.05, 0) is 65.2 Å². The fourth-order valence-corrected chi connectivity index (χ4v) is 2.40. The van der Waals surface area contributed by atoms with Crippen LogP contribution < -0.4 is 0 Å². The lowest BCUT2D eigenvalue weighted by molar-refractivity contribution is 0.714. The minimum atomic E-state index is 1.20. The Bertz CT molecular complexity index is 280. The highest BCUT2D eigenvalue weighted by molar-refractivity contribution is 5.16. The van der Waals surface area contributed by atoms with Crippen LogP contribution in [0.15, 0.2) is 47.6 Å². The van der Waals surface area contributed by atoms with Crippen molar-refractivity contribution >= 4 is 0 Å². The van der Waals surface area contributed by atoms with E-state index in [4.69, 9.17) is 0 Å². The second kappa shape index (κ2) is 9.94. The molecule has 0 atom stereocenters. The lowest BCUT2D eigenvalue weighted by atomic mass is 9.89. The summed E-state index contributed by atoms with van der Waals surface area (Å²) in [6.45, 7) is 4.19. The van der Waals surface area contributed by atoms with Crippen molar-refractivity contribution < 1.29 is 0 Å². The molecule has 0 N–H and O–H groups in total. The normalized spacial score (nSPS) is 16.8. The van der Waals surface area contributed by atoms with Gasteiger partial charge in [0.25, 0.3) is 0 Å². The van der Waals surface area contributed by atoms with E-state index in [-0.39, 0.29) is 0 Å². The minimum Gasteiger partial charge on any atom is -0.0917 e. The van der Waals surface area contributed by atoms with E-state index in [1.165, 1.54) is 51.4 Å². The third-order valence-corrected chi connectivity index (χ3v) is 3.54. The Kier molecular flexibility index (Phi) is 8.29. The van der Waals surface area contributed by atoms with Crippen molar-refractivity contribution in [3.8, 4) is 0 Å². The zero-order valence-electron chi connectivity index (χ0n) is 12.1. The van der Waals surface area contributed by atoms with Gasteiger partial charge in [0.15, 0.2) is 0 Å². The zero-order valence-corrected chi connectivity index (χ0v) is 12.1. The van der Waals surface area contributed by atoms with Gasteiger partial charge < -0.3 is 0 Å². The van der Waals surface area contributed by atoms with Crippen molar-refractivity contribution in [2.45, 2.75) is 65.2 Å². The predicted octanol–water partition coefficient (Wildman–Crippen LogP) is 6.13. The average Bonchev–Trinajstić information content (AvgIpc) is 2.41. The molecule has 1 rings (SSSR count). The molecule has 0 saturated heterocycles. The van der Waals surface area contributed by atoms with Gasteiger partial charge in [-0.25, -0.2) is 0 Å². The summed E-state index contributed by atoms with van der Waals surface area (Å²) in [4.78, 5) is 0. The number of allylic oxidation sites excluding steroid dienone is 8. The van der Waals surface area contributed by atoms with Crippen molar-refractivity contribution in [2.75, 3.05) is 0 Å². The van der Waals surface area contributed by atoms with Gasteiger partial charge in [-0.3, -0.25) is 0 Å². The predicted molar refractivity (Wildman–Crippen MR) is 82.7 cm³/mol. The maximum absolute atomic E-state index is 2.47. The van der Waals surface area contributed by atoms with Gasteiger partial charge in [0, 0.05) is 0 Å². The van der Waals surface area contributed by atoms with E-state index < -0.39 is 0 Å². The van der Waals surface area contributed by atoms with E-state index in [1.807, 2.05) is 0 Å². The van der Waals surface area contributed by atoms with Crippen LogP contribution in [0.2, 0.25) is 0 Å². The molecule has 0 aromatic rings. The summed E-state index contributed by atoms with van der Waals surface area (Å²) < 4.78 is 0. The Hall–Kier alpha value is -1.04. The Morgan fingerprint density at radius 2 is 1.06 bits per heavy atom. The molecule has 0 heterocycles. The molecular weight excluding hydrogens is 216 g/mol. The molecule has 18 heavy (non-hydrogen) atoms. The third-order valence-electron chi connectivity index (χ3n) is 3.54. The fourth-order valence-electron chi connectivity index (χ4n) is 2.40. The quantitative estimate of drug-likeness (QED) is 0.389. The molecule has 0 amide bonds. The first-order valence-corrected chi connectivity index (χ1v) is 7.45. The first-order chi connectivity index (χ1) is 8.86. The first kappa shape index (κ1) is 15.0. The molecule has 0 aromatic heterocycles. The Morgan fingerprint density at radius 1 is 0.667 bits per heavy atom. The van der Waals surface area contributed by atoms with Gasteiger partial charge in [-0.15, -0.1) is 0 Å². The van der Waals surface area contributed by atoms with Crippen LogP contribution in [0.3, 0.4) is 0 Å². The van der Waals surface area contributed by atoms with Crippen LogP contribution in [0.25, 0.3) is 0 Å². The highest BCUT2D eigenvalue weighted by Crippen LogP contribution is 2.28. The summed E-state index contributed by atoms with van der Waals surface area (Å²) in [5.74, 6) is 0. The summed E-state index contributed by atoms with van der Waals surface area (Å²) in [7, 11) is 0. The minimum absolute atomic E-state index is 1.20. The van der Waals surface area contributed by atoms with Gasteiger partial charge >= 0.3 is 0 Å². The molecular formula is C18H28. The maximum Gasteiger partial charge on any atom is -0.0283 e. The van der Waals surface area contributed by atoms with Crippen LogP contribution in [0.1, 0.15) is 65.2 Å². The molecule has 0 bridgehead atoms. The SMILES string of the molecule is C/C=C/CCC=C1CCC(=CCC/C=C/C)CC1. The Balaban J connectivity index is 2.23. The van der Waals surface area contributed by atoms with Gasteiger partial charge in [-0.2, -0.15) is 0 Å². The monoisotopic (exact) mass is 244 g/mol. The van der Waals surface area contributed by atoms with E-state index in [9.17, 15) is 0 Å². The van der Waals surface area contributed by atoms with Gasteiger partial charge in [-0.1, -0.05) is 47.6 Å². The van der Waals surface area contributed by atoms with Crippen molar-refractivity contribution in [1.29, 1.82) is 0 Å². The molecule has 0 aliphatic heterocycles. The van der Waals surface area contributed by atoms with Gasteiger partial charge in [0.1, 0.15) is 0 Å². The first-order valence-electron chi connectivity index (χ1n) is 7.45. The highest BCUT2D eigenvalue weighted by Gasteiger charge is 2.08. The largest absolute Gasteiger partial charge is 0.0917 e. The lowest BCUT2D eigenvalue weighted by Crippen LogP contribution is -1.97. The average molecular weight is 244 g/mol. The molecule has 1 saturated carbocycles. The Morgan fingerprint density at radius 3 is 1.39 bits per heavy atom. The number of hydrogen-bond donors (Lipinski definition) is 0. The molecule has 0 nitrogen and oxygen atoms in total. The highest BCUT2D eigenvalue weighted by atomic mass is 14.1. The summed E-state index contributed by atoms with van der Waals surface area (Å²) in [5.41, 5.74) is 3.37. The molecule has 1 aliphatic rings. The van der Waals surface area contributed by atoms with Crippen molar-refractivity contribution in [3.05, 3.63) is 47.6 Å². The van der Waals surface area contributed by atoms with Crippen LogP contribution in [0.4, 0.5) is 0 Å². The van der Waals surface area contributed by atoms with E-state index in [1.54, 1.807) is 11.1 Å². The van der Waals surface area contributed by atoms with Gasteiger partial charge in [0.05, 0.1) is 0 Å². The lowest BCUT2D eigenvalue weighted by Gasteiger charge is -2.17. The molecule has 0 unspecified atom stereocenters. The molecule has 1 fully saturated rings. The van der Waals surface area contributed by atoms with E-state index in [2.05, 4.69) is 50.3 Å². The van der Waals surface area contributed by atoms with E-state index >= 15 is 0 Å². The topological polar surface area (TPSA) is 0 Å². The standard InChI is InChI=1S/C18H28/c1-3-5-7-9-11-17-13-15-18(16-14-17)12-10-8-6-4-2/h3-6,11-12H,7-10,13-16H2,1-2H3/b5-3+,6-4+,17-11?,18-12?. The second-order valence-corrected chi connectivity index (χ2v) is 5.02. The molecule has 100 valence electrons. The maximum atomic E-state index is 2.47. The zero-order chi connectivity index (χ0) is 13.1. The summed E-state index contributed by atoms with van der Waals surface area (Å²) in [6, 6.07) is 0. The van der Waals surface area contributed by atoms with Crippen molar-refractivity contribution in [2.24, 2.45) is 0 Å². The van der Waals surface area contributed by atoms with Crippen molar-refractivity contribution in [1.82, 2.24) is 0 Å². The summed E-state index contributed by atoms with van der Waals surface area (Å²) in [6.07, 6.45) is 23.8. The second-order valence-electron chi connectivity index (χ2n) is 5.02. The molecule has 1 aliphatic carbocycles. The number of hydrogen-bond acceptors (Lipinski definition) is 0. The number of unbranched alkanes of at least 4 members (excludes halogenated alkanes) is 2. The molecule has 0 radical (unpaired) electrons. The number of rotatable bonds is 6. The summed E-state index contributed by atoms with van der Waals surface area (Å²) >= 11 is 0. The van der Waals surface area contributed by atoms with Crippen LogP contribution in [0, 0.1) is 0 Å². The molecule has 0 heteroatoms. The summed E-state index contributed by atoms with van der Waals surface area (Å²) in [5, 5.41) is 0. The van der Waals surface area contributed by atoms with Crippen LogP contribution in [0.5, 0.6) is 0 Å². The van der Waals surface area contributed by atoms with Gasteiger partial charge in [0.2, 0.25) is 0 Å². The Labute approximate surface area is 113 Å². The van der Waals surface area contributed by atoms with Crippen LogP contribution in [-0.4, -0.2) is 0 Å². The smallest absolute Gasteiger partial charge is 0.0283 e. The van der Waals surface area contributed by atoms with Crippen LogP contribution >= 0.6 is 0 Å². The van der Waals surface area contributed by atoms with Crippen LogP contribution in [-0.2, 0) is 0 Å². The molecule has 0 aromatic carbocycles.